The number of hydrogen-bond acceptors (Lipinski definition) is 4. The van der Waals surface area contributed by atoms with E-state index in [1.165, 1.54) is 7.11 Å². The first-order valence-corrected chi connectivity index (χ1v) is 7.76. The van der Waals surface area contributed by atoms with Gasteiger partial charge in [0.15, 0.2) is 6.10 Å². The molecule has 0 saturated heterocycles. The van der Waals surface area contributed by atoms with Crippen molar-refractivity contribution >= 4 is 17.6 Å². The number of carbonyl (C=O) groups excluding carboxylic acids is 2. The van der Waals surface area contributed by atoms with Crippen LogP contribution in [0.2, 0.25) is 0 Å². The van der Waals surface area contributed by atoms with Gasteiger partial charge in [0, 0.05) is 0 Å². The number of anilines is 1. The summed E-state index contributed by atoms with van der Waals surface area (Å²) < 4.78 is 10.5. The van der Waals surface area contributed by atoms with Crippen LogP contribution in [0.3, 0.4) is 0 Å². The zero-order chi connectivity index (χ0) is 17.5. The van der Waals surface area contributed by atoms with Crippen LogP contribution in [0.5, 0.6) is 5.75 Å². The lowest BCUT2D eigenvalue weighted by Gasteiger charge is -2.18. The number of para-hydroxylation sites is 1. The molecule has 0 unspecified atom stereocenters. The maximum Gasteiger partial charge on any atom is 0.339 e. The van der Waals surface area contributed by atoms with Crippen LogP contribution in [0, 0.1) is 6.92 Å². The van der Waals surface area contributed by atoms with Crippen LogP contribution in [0.1, 0.15) is 29.3 Å². The Morgan fingerprint density at radius 3 is 2.38 bits per heavy atom. The summed E-state index contributed by atoms with van der Waals surface area (Å²) in [6.45, 7) is 3.85. The zero-order valence-corrected chi connectivity index (χ0v) is 14.0. The van der Waals surface area contributed by atoms with E-state index < -0.39 is 12.1 Å². The average molecular weight is 327 g/mol. The third-order valence-corrected chi connectivity index (χ3v) is 3.55. The van der Waals surface area contributed by atoms with Gasteiger partial charge in [0.2, 0.25) is 0 Å². The molecule has 0 fully saturated rings. The molecule has 2 aromatic rings. The highest BCUT2D eigenvalue weighted by Crippen LogP contribution is 2.19. The number of methoxy groups -OCH3 is 1. The van der Waals surface area contributed by atoms with E-state index in [1.54, 1.807) is 24.3 Å². The van der Waals surface area contributed by atoms with Crippen molar-refractivity contribution < 1.29 is 19.1 Å². The normalized spacial score (nSPS) is 11.5. The molecule has 126 valence electrons. The average Bonchev–Trinajstić information content (AvgIpc) is 2.61. The van der Waals surface area contributed by atoms with Gasteiger partial charge in [0.05, 0.1) is 18.4 Å². The Hall–Kier alpha value is -2.82. The Balaban J connectivity index is 2.12. The molecular formula is C19H21NO4. The molecule has 1 atom stereocenters. The quantitative estimate of drug-likeness (QED) is 0.824. The summed E-state index contributed by atoms with van der Waals surface area (Å²) >= 11 is 0. The molecule has 1 N–H and O–H groups in total. The minimum absolute atomic E-state index is 0.304. The summed E-state index contributed by atoms with van der Waals surface area (Å²) in [6.07, 6.45) is -0.154. The monoisotopic (exact) mass is 327 g/mol. The number of ether oxygens (including phenoxy) is 2. The number of esters is 1. The molecule has 0 bridgehead atoms. The Morgan fingerprint density at radius 1 is 1.08 bits per heavy atom. The van der Waals surface area contributed by atoms with Gasteiger partial charge < -0.3 is 14.8 Å². The summed E-state index contributed by atoms with van der Waals surface area (Å²) in [5, 5.41) is 2.74. The highest BCUT2D eigenvalue weighted by atomic mass is 16.5. The van der Waals surface area contributed by atoms with E-state index in [2.05, 4.69) is 5.32 Å². The second-order valence-electron chi connectivity index (χ2n) is 5.35. The summed E-state index contributed by atoms with van der Waals surface area (Å²) in [5.41, 5.74) is 1.82. The fourth-order valence-corrected chi connectivity index (χ4v) is 2.20. The van der Waals surface area contributed by atoms with Crippen LogP contribution in [0.15, 0.2) is 48.5 Å². The van der Waals surface area contributed by atoms with E-state index in [-0.39, 0.29) is 5.91 Å². The van der Waals surface area contributed by atoms with Gasteiger partial charge in [0.1, 0.15) is 5.75 Å². The van der Waals surface area contributed by atoms with Gasteiger partial charge in [-0.1, -0.05) is 36.8 Å². The summed E-state index contributed by atoms with van der Waals surface area (Å²) in [6, 6.07) is 14.2. The van der Waals surface area contributed by atoms with Crippen molar-refractivity contribution in [1.29, 1.82) is 0 Å². The largest absolute Gasteiger partial charge is 0.481 e. The molecular weight excluding hydrogens is 306 g/mol. The first-order valence-electron chi connectivity index (χ1n) is 7.76. The van der Waals surface area contributed by atoms with Crippen LogP contribution in [0.25, 0.3) is 0 Å². The summed E-state index contributed by atoms with van der Waals surface area (Å²) in [7, 11) is 1.30. The number of nitrogens with one attached hydrogen (secondary N) is 1. The molecule has 0 aliphatic carbocycles. The zero-order valence-electron chi connectivity index (χ0n) is 14.0. The minimum atomic E-state index is -0.654. The molecule has 0 aromatic heterocycles. The SMILES string of the molecule is CC[C@@H](Oc1ccc(C)cc1)C(=O)Nc1ccccc1C(=O)OC. The van der Waals surface area contributed by atoms with Crippen LogP contribution in [-0.4, -0.2) is 25.1 Å². The summed E-state index contributed by atoms with van der Waals surface area (Å²) in [4.78, 5) is 24.3. The van der Waals surface area contributed by atoms with Crippen LogP contribution in [0.4, 0.5) is 5.69 Å². The first-order chi connectivity index (χ1) is 11.5. The standard InChI is InChI=1S/C19H21NO4/c1-4-17(24-14-11-9-13(2)10-12-14)18(21)20-16-8-6-5-7-15(16)19(22)23-3/h5-12,17H,4H2,1-3H3,(H,20,21)/t17-/m1/s1. The molecule has 5 heteroatoms. The lowest BCUT2D eigenvalue weighted by Crippen LogP contribution is -2.32. The van der Waals surface area contributed by atoms with E-state index in [9.17, 15) is 9.59 Å². The van der Waals surface area contributed by atoms with Crippen molar-refractivity contribution in [1.82, 2.24) is 0 Å². The number of rotatable bonds is 6. The Bertz CT molecular complexity index is 710. The van der Waals surface area contributed by atoms with E-state index in [0.717, 1.165) is 5.56 Å². The van der Waals surface area contributed by atoms with Crippen molar-refractivity contribution in [3.8, 4) is 5.75 Å². The highest BCUT2D eigenvalue weighted by molar-refractivity contribution is 6.02. The minimum Gasteiger partial charge on any atom is -0.481 e. The number of aryl methyl sites for hydroxylation is 1. The lowest BCUT2D eigenvalue weighted by atomic mass is 10.1. The van der Waals surface area contributed by atoms with Gasteiger partial charge >= 0.3 is 5.97 Å². The molecule has 0 aliphatic heterocycles. The predicted octanol–water partition coefficient (Wildman–Crippen LogP) is 3.58. The third-order valence-electron chi connectivity index (χ3n) is 3.55. The van der Waals surface area contributed by atoms with Gasteiger partial charge in [-0.3, -0.25) is 4.79 Å². The maximum atomic E-state index is 12.5. The number of hydrogen-bond donors (Lipinski definition) is 1. The van der Waals surface area contributed by atoms with Gasteiger partial charge in [-0.05, 0) is 37.6 Å². The van der Waals surface area contributed by atoms with Crippen molar-refractivity contribution in [3.63, 3.8) is 0 Å². The maximum absolute atomic E-state index is 12.5. The van der Waals surface area contributed by atoms with Gasteiger partial charge in [0.25, 0.3) is 5.91 Å². The van der Waals surface area contributed by atoms with Crippen molar-refractivity contribution in [2.75, 3.05) is 12.4 Å². The topological polar surface area (TPSA) is 64.6 Å². The first kappa shape index (κ1) is 17.5. The van der Waals surface area contributed by atoms with E-state index >= 15 is 0 Å². The second-order valence-corrected chi connectivity index (χ2v) is 5.35. The smallest absolute Gasteiger partial charge is 0.339 e. The van der Waals surface area contributed by atoms with E-state index in [0.29, 0.717) is 23.4 Å². The molecule has 24 heavy (non-hydrogen) atoms. The fraction of sp³-hybridized carbons (Fsp3) is 0.263. The predicted molar refractivity (Wildman–Crippen MR) is 92.3 cm³/mol. The number of amides is 1. The molecule has 5 nitrogen and oxygen atoms in total. The summed E-state index contributed by atoms with van der Waals surface area (Å²) in [5.74, 6) is -0.184. The highest BCUT2D eigenvalue weighted by Gasteiger charge is 2.21. The molecule has 0 radical (unpaired) electrons. The van der Waals surface area contributed by atoms with Crippen molar-refractivity contribution in [2.45, 2.75) is 26.4 Å². The van der Waals surface area contributed by atoms with Gasteiger partial charge in [-0.2, -0.15) is 0 Å². The van der Waals surface area contributed by atoms with Crippen LogP contribution in [-0.2, 0) is 9.53 Å². The van der Waals surface area contributed by atoms with Crippen LogP contribution < -0.4 is 10.1 Å². The Kier molecular flexibility index (Phi) is 5.95. The Morgan fingerprint density at radius 2 is 1.75 bits per heavy atom. The lowest BCUT2D eigenvalue weighted by molar-refractivity contribution is -0.122. The van der Waals surface area contributed by atoms with E-state index in [4.69, 9.17) is 9.47 Å². The van der Waals surface area contributed by atoms with Gasteiger partial charge in [-0.25, -0.2) is 4.79 Å². The molecule has 0 spiro atoms. The molecule has 1 amide bonds. The van der Waals surface area contributed by atoms with Gasteiger partial charge in [-0.15, -0.1) is 0 Å². The number of benzene rings is 2. The molecule has 0 aliphatic rings. The molecule has 2 rings (SSSR count). The van der Waals surface area contributed by atoms with E-state index in [1.807, 2.05) is 38.1 Å². The Labute approximate surface area is 141 Å². The molecule has 0 saturated carbocycles. The number of carbonyl (C=O) groups is 2. The third kappa shape index (κ3) is 4.35. The fourth-order valence-electron chi connectivity index (χ4n) is 2.20. The second kappa shape index (κ2) is 8.15. The van der Waals surface area contributed by atoms with Crippen LogP contribution >= 0.6 is 0 Å². The van der Waals surface area contributed by atoms with Crippen molar-refractivity contribution in [2.24, 2.45) is 0 Å². The van der Waals surface area contributed by atoms with Crippen molar-refractivity contribution in [3.05, 3.63) is 59.7 Å². The molecule has 0 heterocycles. The molecule has 2 aromatic carbocycles.